The number of ether oxygens (including phenoxy) is 1. The summed E-state index contributed by atoms with van der Waals surface area (Å²) in [6.07, 6.45) is 8.19. The Morgan fingerprint density at radius 2 is 1.57 bits per heavy atom. The van der Waals surface area contributed by atoms with Gasteiger partial charge in [0.05, 0.1) is 6.04 Å². The van der Waals surface area contributed by atoms with E-state index in [4.69, 9.17) is 10.5 Å². The second-order valence-electron chi connectivity index (χ2n) is 6.72. The summed E-state index contributed by atoms with van der Waals surface area (Å²) in [4.78, 5) is 47.6. The number of Topliss-reactive ketones (excluding diaryl/α,β-unsaturated/α-hetero) is 2. The summed E-state index contributed by atoms with van der Waals surface area (Å²) in [5, 5.41) is 0. The monoisotopic (exact) mass is 389 g/mol. The molecular formula is C20H27N3O5. The second kappa shape index (κ2) is 11.3. The molecule has 0 saturated carbocycles. The van der Waals surface area contributed by atoms with Crippen molar-refractivity contribution in [1.82, 2.24) is 9.47 Å². The van der Waals surface area contributed by atoms with Gasteiger partial charge in [-0.15, -0.1) is 0 Å². The Kier molecular flexibility index (Phi) is 8.77. The van der Waals surface area contributed by atoms with Gasteiger partial charge in [-0.25, -0.2) is 0 Å². The molecule has 1 aromatic heterocycles. The van der Waals surface area contributed by atoms with Crippen LogP contribution in [0.1, 0.15) is 32.1 Å². The van der Waals surface area contributed by atoms with E-state index < -0.39 is 6.04 Å². The molecule has 0 saturated heterocycles. The van der Waals surface area contributed by atoms with E-state index in [1.54, 1.807) is 0 Å². The summed E-state index contributed by atoms with van der Waals surface area (Å²) >= 11 is 0. The molecule has 2 N–H and O–H groups in total. The van der Waals surface area contributed by atoms with Gasteiger partial charge in [0.15, 0.2) is 5.78 Å². The van der Waals surface area contributed by atoms with E-state index in [2.05, 4.69) is 0 Å². The third-order valence-corrected chi connectivity index (χ3v) is 4.46. The van der Waals surface area contributed by atoms with Gasteiger partial charge in [0.25, 0.3) is 11.8 Å². The van der Waals surface area contributed by atoms with Crippen molar-refractivity contribution in [3.63, 3.8) is 0 Å². The van der Waals surface area contributed by atoms with Gasteiger partial charge in [0, 0.05) is 70.1 Å². The molecule has 1 aromatic rings. The number of carbonyl (C=O) groups excluding carboxylic acids is 4. The van der Waals surface area contributed by atoms with Crippen LogP contribution in [-0.4, -0.2) is 58.6 Å². The van der Waals surface area contributed by atoms with Gasteiger partial charge in [0.2, 0.25) is 0 Å². The highest BCUT2D eigenvalue weighted by Gasteiger charge is 2.23. The molecule has 2 rings (SSSR count). The molecule has 28 heavy (non-hydrogen) atoms. The first kappa shape index (κ1) is 21.7. The van der Waals surface area contributed by atoms with E-state index in [0.29, 0.717) is 45.4 Å². The Labute approximate surface area is 164 Å². The fraction of sp³-hybridized carbons (Fsp3) is 0.500. The number of hydrogen-bond donors (Lipinski definition) is 1. The average molecular weight is 389 g/mol. The van der Waals surface area contributed by atoms with Gasteiger partial charge in [-0.1, -0.05) is 0 Å². The van der Waals surface area contributed by atoms with E-state index in [1.165, 1.54) is 12.2 Å². The molecule has 0 fully saturated rings. The van der Waals surface area contributed by atoms with Gasteiger partial charge in [-0.2, -0.15) is 0 Å². The van der Waals surface area contributed by atoms with Gasteiger partial charge in [0.1, 0.15) is 5.78 Å². The number of nitrogens with zero attached hydrogens (tertiary/aromatic N) is 2. The largest absolute Gasteiger partial charge is 0.381 e. The van der Waals surface area contributed by atoms with E-state index in [-0.39, 0.29) is 36.3 Å². The Morgan fingerprint density at radius 3 is 2.21 bits per heavy atom. The Bertz CT molecular complexity index is 693. The first-order chi connectivity index (χ1) is 13.5. The van der Waals surface area contributed by atoms with E-state index in [9.17, 15) is 19.2 Å². The predicted molar refractivity (Wildman–Crippen MR) is 102 cm³/mol. The molecule has 152 valence electrons. The third-order valence-electron chi connectivity index (χ3n) is 4.46. The number of carbonyl (C=O) groups is 4. The minimum absolute atomic E-state index is 0.00738. The van der Waals surface area contributed by atoms with Crippen LogP contribution in [0, 0.1) is 0 Å². The number of ketones is 2. The second-order valence-corrected chi connectivity index (χ2v) is 6.72. The summed E-state index contributed by atoms with van der Waals surface area (Å²) in [6.45, 7) is 1.46. The van der Waals surface area contributed by atoms with Crippen LogP contribution in [-0.2, 0) is 30.5 Å². The number of imide groups is 1. The molecule has 2 amide bonds. The Hall–Kier alpha value is -2.58. The minimum atomic E-state index is -0.519. The molecule has 8 nitrogen and oxygen atoms in total. The van der Waals surface area contributed by atoms with Crippen LogP contribution in [0.15, 0.2) is 36.7 Å². The third kappa shape index (κ3) is 7.21. The van der Waals surface area contributed by atoms with Crippen LogP contribution in [0.5, 0.6) is 0 Å². The number of amides is 2. The fourth-order valence-corrected chi connectivity index (χ4v) is 2.84. The molecule has 0 aliphatic carbocycles. The maximum atomic E-state index is 12.0. The molecule has 0 radical (unpaired) electrons. The van der Waals surface area contributed by atoms with Crippen LogP contribution >= 0.6 is 0 Å². The molecule has 1 unspecified atom stereocenters. The lowest BCUT2D eigenvalue weighted by molar-refractivity contribution is -0.137. The lowest BCUT2D eigenvalue weighted by atomic mass is 10.1. The average Bonchev–Trinajstić information content (AvgIpc) is 3.29. The first-order valence-corrected chi connectivity index (χ1v) is 9.49. The van der Waals surface area contributed by atoms with Crippen molar-refractivity contribution in [2.45, 2.75) is 44.7 Å². The minimum Gasteiger partial charge on any atom is -0.381 e. The Morgan fingerprint density at radius 1 is 0.964 bits per heavy atom. The highest BCUT2D eigenvalue weighted by molar-refractivity contribution is 6.13. The topological polar surface area (TPSA) is 112 Å². The quantitative estimate of drug-likeness (QED) is 0.373. The SMILES string of the molecule is NC(Cn1cccc1)C(=O)CCCOCCCC(=O)CCN1C(=O)C=CC1=O. The lowest BCUT2D eigenvalue weighted by Gasteiger charge is -2.12. The summed E-state index contributed by atoms with van der Waals surface area (Å²) in [5.41, 5.74) is 5.90. The first-order valence-electron chi connectivity index (χ1n) is 9.49. The van der Waals surface area contributed by atoms with E-state index in [1.807, 2.05) is 29.1 Å². The number of hydrogen-bond acceptors (Lipinski definition) is 6. The summed E-state index contributed by atoms with van der Waals surface area (Å²) in [5.74, 6) is -0.747. The standard InChI is InChI=1S/C20H27N3O5/c21-17(15-22-10-1-2-11-22)18(25)6-4-14-28-13-3-5-16(24)9-12-23-19(26)7-8-20(23)27/h1-2,7-8,10-11,17H,3-6,9,12-15,21H2. The van der Waals surface area contributed by atoms with Gasteiger partial charge in [-0.05, 0) is 25.0 Å². The van der Waals surface area contributed by atoms with E-state index in [0.717, 1.165) is 4.90 Å². The van der Waals surface area contributed by atoms with Crippen LogP contribution in [0.4, 0.5) is 0 Å². The molecule has 1 aliphatic rings. The van der Waals surface area contributed by atoms with E-state index >= 15 is 0 Å². The zero-order chi connectivity index (χ0) is 20.4. The van der Waals surface area contributed by atoms with Crippen LogP contribution in [0.3, 0.4) is 0 Å². The zero-order valence-electron chi connectivity index (χ0n) is 15.9. The smallest absolute Gasteiger partial charge is 0.253 e. The molecule has 2 heterocycles. The van der Waals surface area contributed by atoms with Crippen molar-refractivity contribution in [3.8, 4) is 0 Å². The van der Waals surface area contributed by atoms with Crippen molar-refractivity contribution in [1.29, 1.82) is 0 Å². The lowest BCUT2D eigenvalue weighted by Crippen LogP contribution is -2.34. The number of rotatable bonds is 14. The predicted octanol–water partition coefficient (Wildman–Crippen LogP) is 0.846. The molecule has 0 spiro atoms. The summed E-state index contributed by atoms with van der Waals surface area (Å²) < 4.78 is 7.33. The van der Waals surface area contributed by atoms with Crippen molar-refractivity contribution in [3.05, 3.63) is 36.7 Å². The molecule has 8 heteroatoms. The van der Waals surface area contributed by atoms with Gasteiger partial charge >= 0.3 is 0 Å². The maximum absolute atomic E-state index is 12.0. The van der Waals surface area contributed by atoms with Crippen molar-refractivity contribution < 1.29 is 23.9 Å². The van der Waals surface area contributed by atoms with Gasteiger partial charge in [-0.3, -0.25) is 24.1 Å². The molecule has 1 atom stereocenters. The molecular weight excluding hydrogens is 362 g/mol. The van der Waals surface area contributed by atoms with Crippen molar-refractivity contribution in [2.24, 2.45) is 5.73 Å². The zero-order valence-corrected chi connectivity index (χ0v) is 15.9. The van der Waals surface area contributed by atoms with Crippen LogP contribution < -0.4 is 5.73 Å². The number of aromatic nitrogens is 1. The number of nitrogens with two attached hydrogens (primary N) is 1. The van der Waals surface area contributed by atoms with Gasteiger partial charge < -0.3 is 15.0 Å². The highest BCUT2D eigenvalue weighted by atomic mass is 16.5. The van der Waals surface area contributed by atoms with Crippen LogP contribution in [0.25, 0.3) is 0 Å². The van der Waals surface area contributed by atoms with Crippen LogP contribution in [0.2, 0.25) is 0 Å². The summed E-state index contributed by atoms with van der Waals surface area (Å²) in [6, 6.07) is 3.26. The van der Waals surface area contributed by atoms with Crippen molar-refractivity contribution >= 4 is 23.4 Å². The fourth-order valence-electron chi connectivity index (χ4n) is 2.84. The normalized spacial score (nSPS) is 14.7. The highest BCUT2D eigenvalue weighted by Crippen LogP contribution is 2.06. The maximum Gasteiger partial charge on any atom is 0.253 e. The molecule has 0 bridgehead atoms. The van der Waals surface area contributed by atoms with Crippen molar-refractivity contribution in [2.75, 3.05) is 19.8 Å². The summed E-state index contributed by atoms with van der Waals surface area (Å²) in [7, 11) is 0. The molecule has 0 aromatic carbocycles. The Balaban J connectivity index is 1.45. The molecule has 1 aliphatic heterocycles.